The summed E-state index contributed by atoms with van der Waals surface area (Å²) in [4.78, 5) is 0. The van der Waals surface area contributed by atoms with Gasteiger partial charge in [-0.05, 0) is 146 Å². The highest BCUT2D eigenvalue weighted by Gasteiger charge is 2.21. The zero-order chi connectivity index (χ0) is 42.8. The third kappa shape index (κ3) is 6.09. The zero-order valence-electron chi connectivity index (χ0n) is 35.5. The number of fused-ring (bicyclic) bond motifs is 7. The second-order valence-electron chi connectivity index (χ2n) is 17.1. The first-order valence-electron chi connectivity index (χ1n) is 22.4. The van der Waals surface area contributed by atoms with Gasteiger partial charge in [0, 0.05) is 10.8 Å². The van der Waals surface area contributed by atoms with Crippen LogP contribution >= 0.6 is 0 Å². The molecule has 0 atom stereocenters. The smallest absolute Gasteiger partial charge is 0.136 e. The number of furan rings is 1. The summed E-state index contributed by atoms with van der Waals surface area (Å²) in [6, 6.07) is 88.4. The molecule has 1 aromatic heterocycles. The molecular formula is C64H40O. The molecule has 1 nitrogen and oxygen atoms in total. The molecule has 0 saturated carbocycles. The number of rotatable bonds is 6. The second kappa shape index (κ2) is 15.1. The van der Waals surface area contributed by atoms with Crippen LogP contribution in [-0.2, 0) is 0 Å². The fraction of sp³-hybridized carbons (Fsp3) is 0. The zero-order valence-corrected chi connectivity index (χ0v) is 35.5. The predicted molar refractivity (Wildman–Crippen MR) is 276 cm³/mol. The van der Waals surface area contributed by atoms with E-state index in [1.54, 1.807) is 0 Å². The molecule has 13 aromatic rings. The van der Waals surface area contributed by atoms with Crippen LogP contribution in [0.3, 0.4) is 0 Å². The molecule has 0 spiro atoms. The molecule has 1 heterocycles. The van der Waals surface area contributed by atoms with E-state index in [2.05, 4.69) is 243 Å². The molecule has 0 saturated heterocycles. The van der Waals surface area contributed by atoms with Crippen LogP contribution in [0.2, 0.25) is 0 Å². The molecule has 0 radical (unpaired) electrons. The summed E-state index contributed by atoms with van der Waals surface area (Å²) < 4.78 is 6.78. The lowest BCUT2D eigenvalue weighted by atomic mass is 9.85. The highest BCUT2D eigenvalue weighted by molar-refractivity contribution is 6.24. The maximum absolute atomic E-state index is 6.78. The predicted octanol–water partition coefficient (Wildman–Crippen LogP) is 18.2. The molecule has 0 unspecified atom stereocenters. The Morgan fingerprint density at radius 3 is 0.908 bits per heavy atom. The van der Waals surface area contributed by atoms with Crippen LogP contribution in [0.4, 0.5) is 0 Å². The van der Waals surface area contributed by atoms with E-state index >= 15 is 0 Å². The van der Waals surface area contributed by atoms with Gasteiger partial charge < -0.3 is 4.42 Å². The quantitative estimate of drug-likeness (QED) is 0.152. The Hall–Kier alpha value is -8.52. The van der Waals surface area contributed by atoms with Gasteiger partial charge in [0.15, 0.2) is 0 Å². The summed E-state index contributed by atoms with van der Waals surface area (Å²) in [5.74, 6) is 0. The molecule has 0 amide bonds. The number of benzene rings is 12. The average molecular weight is 825 g/mol. The lowest BCUT2D eigenvalue weighted by Crippen LogP contribution is -1.91. The SMILES string of the molecule is c1ccc(-c2cccc(-c3c4ccccc4c(-c4ccc5c(c4)oc4ccc(-c6c7ccccc7c(-c7cccc(-c8ccccc8)c7)c7ccccc67)cc45)c4ccccc34)c2)cc1. The van der Waals surface area contributed by atoms with Gasteiger partial charge in [0.05, 0.1) is 0 Å². The van der Waals surface area contributed by atoms with E-state index in [-0.39, 0.29) is 0 Å². The number of hydrogen-bond donors (Lipinski definition) is 0. The van der Waals surface area contributed by atoms with Crippen LogP contribution in [0, 0.1) is 0 Å². The van der Waals surface area contributed by atoms with Crippen molar-refractivity contribution in [3.8, 4) is 66.8 Å². The molecule has 0 N–H and O–H groups in total. The summed E-state index contributed by atoms with van der Waals surface area (Å²) >= 11 is 0. The van der Waals surface area contributed by atoms with Crippen molar-refractivity contribution >= 4 is 65.0 Å². The molecule has 302 valence electrons. The minimum absolute atomic E-state index is 0.880. The van der Waals surface area contributed by atoms with Crippen molar-refractivity contribution in [3.63, 3.8) is 0 Å². The van der Waals surface area contributed by atoms with Gasteiger partial charge in [0.2, 0.25) is 0 Å². The van der Waals surface area contributed by atoms with Crippen LogP contribution in [-0.4, -0.2) is 0 Å². The fourth-order valence-corrected chi connectivity index (χ4v) is 10.6. The minimum atomic E-state index is 0.880. The third-order valence-electron chi connectivity index (χ3n) is 13.4. The van der Waals surface area contributed by atoms with Crippen molar-refractivity contribution < 1.29 is 4.42 Å². The van der Waals surface area contributed by atoms with Gasteiger partial charge in [-0.2, -0.15) is 0 Å². The molecule has 13 rings (SSSR count). The molecular weight excluding hydrogens is 785 g/mol. The maximum Gasteiger partial charge on any atom is 0.136 e. The van der Waals surface area contributed by atoms with E-state index in [0.717, 1.165) is 27.5 Å². The second-order valence-corrected chi connectivity index (χ2v) is 17.1. The first-order valence-corrected chi connectivity index (χ1v) is 22.4. The van der Waals surface area contributed by atoms with Gasteiger partial charge in [-0.3, -0.25) is 0 Å². The van der Waals surface area contributed by atoms with E-state index in [9.17, 15) is 0 Å². The Morgan fingerprint density at radius 2 is 0.492 bits per heavy atom. The third-order valence-corrected chi connectivity index (χ3v) is 13.4. The van der Waals surface area contributed by atoms with Crippen LogP contribution in [0.25, 0.3) is 132 Å². The molecule has 12 aromatic carbocycles. The molecule has 0 bridgehead atoms. The monoisotopic (exact) mass is 824 g/mol. The van der Waals surface area contributed by atoms with Crippen LogP contribution < -0.4 is 0 Å². The average Bonchev–Trinajstić information content (AvgIpc) is 3.75. The minimum Gasteiger partial charge on any atom is -0.456 e. The molecule has 0 aliphatic heterocycles. The van der Waals surface area contributed by atoms with Gasteiger partial charge in [-0.1, -0.05) is 206 Å². The first-order chi connectivity index (χ1) is 32.2. The summed E-state index contributed by atoms with van der Waals surface area (Å²) in [5.41, 5.74) is 16.3. The van der Waals surface area contributed by atoms with Gasteiger partial charge in [-0.25, -0.2) is 0 Å². The Labute approximate surface area is 377 Å². The Bertz CT molecular complexity index is 3870. The van der Waals surface area contributed by atoms with Gasteiger partial charge in [0.1, 0.15) is 11.2 Å². The molecule has 0 aliphatic rings. The molecule has 65 heavy (non-hydrogen) atoms. The Kier molecular flexibility index (Phi) is 8.60. The summed E-state index contributed by atoms with van der Waals surface area (Å²) in [5, 5.41) is 12.1. The fourth-order valence-electron chi connectivity index (χ4n) is 10.6. The van der Waals surface area contributed by atoms with E-state index in [4.69, 9.17) is 4.42 Å². The maximum atomic E-state index is 6.78. The van der Waals surface area contributed by atoms with E-state index < -0.39 is 0 Å². The van der Waals surface area contributed by atoms with Gasteiger partial charge in [0.25, 0.3) is 0 Å². The summed E-state index contributed by atoms with van der Waals surface area (Å²) in [7, 11) is 0. The van der Waals surface area contributed by atoms with Crippen molar-refractivity contribution in [2.75, 3.05) is 0 Å². The summed E-state index contributed by atoms with van der Waals surface area (Å²) in [6.07, 6.45) is 0. The van der Waals surface area contributed by atoms with E-state index in [0.29, 0.717) is 0 Å². The van der Waals surface area contributed by atoms with Crippen LogP contribution in [0.5, 0.6) is 0 Å². The lowest BCUT2D eigenvalue weighted by Gasteiger charge is -2.18. The van der Waals surface area contributed by atoms with Crippen molar-refractivity contribution in [1.29, 1.82) is 0 Å². The largest absolute Gasteiger partial charge is 0.456 e. The van der Waals surface area contributed by atoms with Crippen molar-refractivity contribution in [1.82, 2.24) is 0 Å². The highest BCUT2D eigenvalue weighted by Crippen LogP contribution is 2.48. The van der Waals surface area contributed by atoms with Crippen molar-refractivity contribution in [2.24, 2.45) is 0 Å². The molecule has 1 heteroatoms. The van der Waals surface area contributed by atoms with E-state index in [1.807, 2.05) is 0 Å². The Morgan fingerprint density at radius 1 is 0.169 bits per heavy atom. The van der Waals surface area contributed by atoms with E-state index in [1.165, 1.54) is 104 Å². The Balaban J connectivity index is 0.966. The highest BCUT2D eigenvalue weighted by atomic mass is 16.3. The van der Waals surface area contributed by atoms with Gasteiger partial charge in [-0.15, -0.1) is 0 Å². The van der Waals surface area contributed by atoms with Gasteiger partial charge >= 0.3 is 0 Å². The topological polar surface area (TPSA) is 13.1 Å². The van der Waals surface area contributed by atoms with Crippen molar-refractivity contribution in [2.45, 2.75) is 0 Å². The molecule has 0 fully saturated rings. The normalized spacial score (nSPS) is 11.7. The van der Waals surface area contributed by atoms with Crippen LogP contribution in [0.15, 0.2) is 247 Å². The standard InChI is InChI=1S/C64H40O/c1-3-17-41(18-4-1)43-21-15-23-45(37-43)61-50-25-7-11-29-54(50)63(55-30-12-8-26-51(55)61)47-34-36-59-58(39-47)49-35-33-48(40-60(49)65-59)64-56-31-13-9-27-52(56)62(53-28-10-14-32-57(53)64)46-24-16-22-44(38-46)42-19-5-2-6-20-42/h1-40H. The number of hydrogen-bond acceptors (Lipinski definition) is 1. The lowest BCUT2D eigenvalue weighted by molar-refractivity contribution is 0.669. The first kappa shape index (κ1) is 37.1. The van der Waals surface area contributed by atoms with Crippen LogP contribution in [0.1, 0.15) is 0 Å². The molecule has 0 aliphatic carbocycles. The van der Waals surface area contributed by atoms with Crippen molar-refractivity contribution in [3.05, 3.63) is 243 Å². The summed E-state index contributed by atoms with van der Waals surface area (Å²) in [6.45, 7) is 0.